The van der Waals surface area contributed by atoms with Crippen LogP contribution in [0.2, 0.25) is 0 Å². The molecule has 108 valence electrons. The molecule has 0 saturated carbocycles. The van der Waals surface area contributed by atoms with E-state index in [1.165, 1.54) is 11.1 Å². The minimum atomic E-state index is 0.291. The first-order valence-electron chi connectivity index (χ1n) is 7.40. The van der Waals surface area contributed by atoms with E-state index in [4.69, 9.17) is 4.74 Å². The lowest BCUT2D eigenvalue weighted by atomic mass is 10.00. The minimum Gasteiger partial charge on any atom is -0.374 e. The second-order valence-electron chi connectivity index (χ2n) is 6.05. The van der Waals surface area contributed by atoms with Gasteiger partial charge in [-0.2, -0.15) is 0 Å². The molecule has 0 aliphatic carbocycles. The first-order chi connectivity index (χ1) is 8.99. The maximum Gasteiger partial charge on any atom is 0.0720 e. The molecule has 1 atom stereocenters. The fourth-order valence-electron chi connectivity index (χ4n) is 1.91. The first-order valence-corrected chi connectivity index (χ1v) is 7.40. The number of ether oxygens (including phenoxy) is 1. The van der Waals surface area contributed by atoms with E-state index in [9.17, 15) is 0 Å². The monoisotopic (exact) mass is 263 g/mol. The smallest absolute Gasteiger partial charge is 0.0720 e. The van der Waals surface area contributed by atoms with Crippen LogP contribution < -0.4 is 5.32 Å². The maximum atomic E-state index is 5.61. The second kappa shape index (κ2) is 8.34. The summed E-state index contributed by atoms with van der Waals surface area (Å²) < 4.78 is 5.61. The average Bonchev–Trinajstić information content (AvgIpc) is 2.36. The Balaban J connectivity index is 2.41. The molecule has 19 heavy (non-hydrogen) atoms. The van der Waals surface area contributed by atoms with Gasteiger partial charge < -0.3 is 10.1 Å². The molecule has 2 nitrogen and oxygen atoms in total. The number of benzene rings is 1. The summed E-state index contributed by atoms with van der Waals surface area (Å²) >= 11 is 0. The van der Waals surface area contributed by atoms with Crippen LogP contribution in [0, 0.1) is 5.92 Å². The van der Waals surface area contributed by atoms with Crippen LogP contribution in [-0.2, 0) is 11.3 Å². The second-order valence-corrected chi connectivity index (χ2v) is 6.05. The molecule has 0 saturated heterocycles. The number of nitrogens with one attached hydrogen (secondary N) is 1. The first kappa shape index (κ1) is 16.2. The van der Waals surface area contributed by atoms with Crippen LogP contribution >= 0.6 is 0 Å². The molecular formula is C17H29NO. The molecule has 2 heteroatoms. The maximum absolute atomic E-state index is 5.61. The van der Waals surface area contributed by atoms with Gasteiger partial charge in [-0.1, -0.05) is 45.0 Å². The molecule has 1 aromatic rings. The summed E-state index contributed by atoms with van der Waals surface area (Å²) in [6.45, 7) is 13.7. The molecule has 1 N–H and O–H groups in total. The highest BCUT2D eigenvalue weighted by atomic mass is 16.5. The van der Waals surface area contributed by atoms with Gasteiger partial charge in [-0.25, -0.2) is 0 Å². The molecule has 0 aliphatic rings. The number of rotatable bonds is 8. The Morgan fingerprint density at radius 1 is 0.947 bits per heavy atom. The van der Waals surface area contributed by atoms with Gasteiger partial charge in [-0.15, -0.1) is 0 Å². The summed E-state index contributed by atoms with van der Waals surface area (Å²) in [4.78, 5) is 0. The third-order valence-corrected chi connectivity index (χ3v) is 3.14. The van der Waals surface area contributed by atoms with Crippen LogP contribution in [0.4, 0.5) is 0 Å². The summed E-state index contributed by atoms with van der Waals surface area (Å²) in [6.07, 6.45) is 0.291. The van der Waals surface area contributed by atoms with E-state index in [-0.39, 0.29) is 0 Å². The van der Waals surface area contributed by atoms with Crippen molar-refractivity contribution in [3.63, 3.8) is 0 Å². The SMILES string of the molecule is CC(C)CNCC(C)c1ccc(COC(C)C)cc1. The van der Waals surface area contributed by atoms with E-state index in [0.29, 0.717) is 24.5 Å². The zero-order chi connectivity index (χ0) is 14.3. The molecule has 0 fully saturated rings. The summed E-state index contributed by atoms with van der Waals surface area (Å²) in [7, 11) is 0. The van der Waals surface area contributed by atoms with Crippen molar-refractivity contribution >= 4 is 0 Å². The number of hydrogen-bond donors (Lipinski definition) is 1. The van der Waals surface area contributed by atoms with Crippen LogP contribution in [0.5, 0.6) is 0 Å². The van der Waals surface area contributed by atoms with Crippen molar-refractivity contribution < 1.29 is 4.74 Å². The quantitative estimate of drug-likeness (QED) is 0.766. The van der Waals surface area contributed by atoms with Gasteiger partial charge in [-0.3, -0.25) is 0 Å². The third-order valence-electron chi connectivity index (χ3n) is 3.14. The van der Waals surface area contributed by atoms with E-state index in [1.54, 1.807) is 0 Å². The van der Waals surface area contributed by atoms with Crippen LogP contribution in [0.3, 0.4) is 0 Å². The van der Waals surface area contributed by atoms with Gasteiger partial charge >= 0.3 is 0 Å². The summed E-state index contributed by atoms with van der Waals surface area (Å²) in [5.41, 5.74) is 2.64. The summed E-state index contributed by atoms with van der Waals surface area (Å²) in [5, 5.41) is 3.51. The van der Waals surface area contributed by atoms with Gasteiger partial charge in [0, 0.05) is 6.54 Å². The average molecular weight is 263 g/mol. The lowest BCUT2D eigenvalue weighted by Crippen LogP contribution is -2.24. The van der Waals surface area contributed by atoms with Crippen molar-refractivity contribution in [3.8, 4) is 0 Å². The number of hydrogen-bond acceptors (Lipinski definition) is 2. The molecule has 0 heterocycles. The van der Waals surface area contributed by atoms with Crippen molar-refractivity contribution in [1.29, 1.82) is 0 Å². The van der Waals surface area contributed by atoms with E-state index >= 15 is 0 Å². The van der Waals surface area contributed by atoms with Crippen molar-refractivity contribution in [2.45, 2.75) is 53.2 Å². The zero-order valence-electron chi connectivity index (χ0n) is 13.1. The molecule has 1 unspecified atom stereocenters. The molecular weight excluding hydrogens is 234 g/mol. The molecule has 0 amide bonds. The highest BCUT2D eigenvalue weighted by Crippen LogP contribution is 2.16. The Hall–Kier alpha value is -0.860. The van der Waals surface area contributed by atoms with Gasteiger partial charge in [0.2, 0.25) is 0 Å². The predicted molar refractivity (Wildman–Crippen MR) is 82.5 cm³/mol. The van der Waals surface area contributed by atoms with Crippen LogP contribution in [0.1, 0.15) is 51.7 Å². The lowest BCUT2D eigenvalue weighted by Gasteiger charge is -2.15. The normalized spacial score (nSPS) is 13.2. The Labute approximate surface area is 118 Å². The van der Waals surface area contributed by atoms with E-state index < -0.39 is 0 Å². The fourth-order valence-corrected chi connectivity index (χ4v) is 1.91. The van der Waals surface area contributed by atoms with Crippen molar-refractivity contribution in [2.75, 3.05) is 13.1 Å². The molecule has 0 radical (unpaired) electrons. The molecule has 0 aliphatic heterocycles. The topological polar surface area (TPSA) is 21.3 Å². The molecule has 1 aromatic carbocycles. The predicted octanol–water partition coefficient (Wildman–Crippen LogP) is 3.96. The molecule has 0 bridgehead atoms. The van der Waals surface area contributed by atoms with Crippen LogP contribution in [-0.4, -0.2) is 19.2 Å². The standard InChI is InChI=1S/C17H29NO/c1-13(2)10-18-11-15(5)17-8-6-16(7-9-17)12-19-14(3)4/h6-9,13-15,18H,10-12H2,1-5H3. The Morgan fingerprint density at radius 3 is 2.11 bits per heavy atom. The van der Waals surface area contributed by atoms with E-state index in [2.05, 4.69) is 64.2 Å². The summed E-state index contributed by atoms with van der Waals surface area (Å²) in [5.74, 6) is 1.27. The van der Waals surface area contributed by atoms with Crippen LogP contribution in [0.15, 0.2) is 24.3 Å². The van der Waals surface area contributed by atoms with Gasteiger partial charge in [0.15, 0.2) is 0 Å². The van der Waals surface area contributed by atoms with E-state index in [0.717, 1.165) is 13.1 Å². The Bertz CT molecular complexity index is 343. The largest absolute Gasteiger partial charge is 0.374 e. The van der Waals surface area contributed by atoms with Gasteiger partial charge in [0.25, 0.3) is 0 Å². The highest BCUT2D eigenvalue weighted by Gasteiger charge is 2.05. The Kier molecular flexibility index (Phi) is 7.11. The minimum absolute atomic E-state index is 0.291. The van der Waals surface area contributed by atoms with Gasteiger partial charge in [0.1, 0.15) is 0 Å². The molecule has 0 spiro atoms. The molecule has 0 aromatic heterocycles. The van der Waals surface area contributed by atoms with Crippen molar-refractivity contribution in [2.24, 2.45) is 5.92 Å². The molecule has 1 rings (SSSR count). The van der Waals surface area contributed by atoms with Gasteiger partial charge in [-0.05, 0) is 43.4 Å². The van der Waals surface area contributed by atoms with E-state index in [1.807, 2.05) is 0 Å². The Morgan fingerprint density at radius 2 is 1.58 bits per heavy atom. The van der Waals surface area contributed by atoms with Crippen molar-refractivity contribution in [3.05, 3.63) is 35.4 Å². The van der Waals surface area contributed by atoms with Crippen molar-refractivity contribution in [1.82, 2.24) is 5.32 Å². The summed E-state index contributed by atoms with van der Waals surface area (Å²) in [6, 6.07) is 8.80. The lowest BCUT2D eigenvalue weighted by molar-refractivity contribution is 0.0657. The highest BCUT2D eigenvalue weighted by molar-refractivity contribution is 5.24. The van der Waals surface area contributed by atoms with Crippen LogP contribution in [0.25, 0.3) is 0 Å². The zero-order valence-corrected chi connectivity index (χ0v) is 13.1. The fraction of sp³-hybridized carbons (Fsp3) is 0.647. The third kappa shape index (κ3) is 6.74. The van der Waals surface area contributed by atoms with Gasteiger partial charge in [0.05, 0.1) is 12.7 Å².